The van der Waals surface area contributed by atoms with E-state index in [1.54, 1.807) is 7.11 Å². The molecule has 28 heavy (non-hydrogen) atoms. The van der Waals surface area contributed by atoms with Crippen LogP contribution in [0.3, 0.4) is 0 Å². The van der Waals surface area contributed by atoms with Crippen LogP contribution in [0.25, 0.3) is 35.1 Å². The van der Waals surface area contributed by atoms with Gasteiger partial charge in [0.1, 0.15) is 5.75 Å². The summed E-state index contributed by atoms with van der Waals surface area (Å²) in [6.07, 6.45) is 8.58. The minimum Gasteiger partial charge on any atom is -0.497 e. The van der Waals surface area contributed by atoms with Crippen LogP contribution >= 0.6 is 0 Å². The summed E-state index contributed by atoms with van der Waals surface area (Å²) >= 11 is 0. The first-order chi connectivity index (χ1) is 13.8. The second-order valence-electron chi connectivity index (χ2n) is 6.72. The monoisotopic (exact) mass is 362 g/mol. The molecule has 4 aromatic carbocycles. The molecule has 0 saturated carbocycles. The molecule has 0 bridgehead atoms. The Morgan fingerprint density at radius 1 is 0.500 bits per heavy atom. The number of rotatable bonds is 5. The number of benzene rings is 4. The van der Waals surface area contributed by atoms with E-state index in [1.807, 2.05) is 18.2 Å². The number of fused-ring (bicyclic) bond motifs is 1. The maximum absolute atomic E-state index is 5.21. The lowest BCUT2D eigenvalue weighted by Crippen LogP contribution is -1.81. The standard InChI is InChI=1S/C27H22O/c1-28-27-17-13-22(14-18-27)8-10-24-12-16-25-15-11-23(19-26(25)20-24)9-7-21-5-3-2-4-6-21/h2-20H,1H3. The Kier molecular flexibility index (Phi) is 5.35. The fourth-order valence-electron chi connectivity index (χ4n) is 3.16. The van der Waals surface area contributed by atoms with Gasteiger partial charge in [0, 0.05) is 0 Å². The maximum Gasteiger partial charge on any atom is 0.118 e. The van der Waals surface area contributed by atoms with Crippen LogP contribution in [0, 0.1) is 0 Å². The Hall–Kier alpha value is -3.58. The van der Waals surface area contributed by atoms with Crippen LogP contribution in [0.2, 0.25) is 0 Å². The topological polar surface area (TPSA) is 9.23 Å². The van der Waals surface area contributed by atoms with Gasteiger partial charge in [0.25, 0.3) is 0 Å². The molecule has 4 rings (SSSR count). The van der Waals surface area contributed by atoms with Crippen LogP contribution in [-0.2, 0) is 0 Å². The molecule has 1 nitrogen and oxygen atoms in total. The quantitative estimate of drug-likeness (QED) is 0.341. The highest BCUT2D eigenvalue weighted by atomic mass is 16.5. The van der Waals surface area contributed by atoms with Crippen molar-refractivity contribution >= 4 is 35.1 Å². The second kappa shape index (κ2) is 8.41. The van der Waals surface area contributed by atoms with Gasteiger partial charge in [-0.25, -0.2) is 0 Å². The van der Waals surface area contributed by atoms with Crippen molar-refractivity contribution < 1.29 is 4.74 Å². The molecule has 0 atom stereocenters. The third-order valence-electron chi connectivity index (χ3n) is 4.74. The van der Waals surface area contributed by atoms with Crippen LogP contribution in [-0.4, -0.2) is 7.11 Å². The van der Waals surface area contributed by atoms with E-state index in [4.69, 9.17) is 4.74 Å². The smallest absolute Gasteiger partial charge is 0.118 e. The molecular weight excluding hydrogens is 340 g/mol. The largest absolute Gasteiger partial charge is 0.497 e. The molecule has 0 aliphatic heterocycles. The van der Waals surface area contributed by atoms with Crippen molar-refractivity contribution in [3.05, 3.63) is 113 Å². The normalized spacial score (nSPS) is 11.5. The molecule has 0 heterocycles. The van der Waals surface area contributed by atoms with E-state index in [1.165, 1.54) is 27.5 Å². The SMILES string of the molecule is COc1ccc(C=Cc2ccc3ccc(C=Cc4ccccc4)cc3c2)cc1. The molecule has 0 radical (unpaired) electrons. The number of hydrogen-bond donors (Lipinski definition) is 0. The predicted octanol–water partition coefficient (Wildman–Crippen LogP) is 7.19. The molecule has 0 aromatic heterocycles. The zero-order valence-corrected chi connectivity index (χ0v) is 15.9. The maximum atomic E-state index is 5.21. The lowest BCUT2D eigenvalue weighted by Gasteiger charge is -2.03. The number of methoxy groups -OCH3 is 1. The second-order valence-corrected chi connectivity index (χ2v) is 6.72. The van der Waals surface area contributed by atoms with E-state index in [-0.39, 0.29) is 0 Å². The highest BCUT2D eigenvalue weighted by Crippen LogP contribution is 2.21. The van der Waals surface area contributed by atoms with Crippen LogP contribution in [0.15, 0.2) is 91.0 Å². The third kappa shape index (κ3) is 4.39. The minimum atomic E-state index is 0.874. The molecule has 0 saturated heterocycles. The van der Waals surface area contributed by atoms with Gasteiger partial charge >= 0.3 is 0 Å². The summed E-state index contributed by atoms with van der Waals surface area (Å²) in [6, 6.07) is 31.6. The zero-order valence-electron chi connectivity index (χ0n) is 15.9. The van der Waals surface area contributed by atoms with Crippen LogP contribution in [0.5, 0.6) is 5.75 Å². The molecule has 1 heteroatoms. The van der Waals surface area contributed by atoms with Gasteiger partial charge in [-0.05, 0) is 57.3 Å². The van der Waals surface area contributed by atoms with Crippen molar-refractivity contribution in [3.8, 4) is 5.75 Å². The zero-order chi connectivity index (χ0) is 19.2. The van der Waals surface area contributed by atoms with Crippen LogP contribution in [0.1, 0.15) is 22.3 Å². The average molecular weight is 362 g/mol. The summed E-state index contributed by atoms with van der Waals surface area (Å²) in [5.74, 6) is 0.874. The first-order valence-electron chi connectivity index (χ1n) is 9.39. The van der Waals surface area contributed by atoms with Gasteiger partial charge < -0.3 is 4.74 Å². The lowest BCUT2D eigenvalue weighted by molar-refractivity contribution is 0.415. The van der Waals surface area contributed by atoms with Crippen LogP contribution in [0.4, 0.5) is 0 Å². The average Bonchev–Trinajstić information content (AvgIpc) is 2.77. The fraction of sp³-hybridized carbons (Fsp3) is 0.0370. The van der Waals surface area contributed by atoms with E-state index in [2.05, 4.69) is 97.1 Å². The highest BCUT2D eigenvalue weighted by molar-refractivity contribution is 5.88. The summed E-state index contributed by atoms with van der Waals surface area (Å²) in [5.41, 5.74) is 4.75. The summed E-state index contributed by atoms with van der Waals surface area (Å²) < 4.78 is 5.21. The highest BCUT2D eigenvalue weighted by Gasteiger charge is 1.97. The first kappa shape index (κ1) is 17.8. The molecule has 0 fully saturated rings. The fourth-order valence-corrected chi connectivity index (χ4v) is 3.16. The molecule has 0 aliphatic carbocycles. The molecule has 4 aromatic rings. The Morgan fingerprint density at radius 3 is 1.57 bits per heavy atom. The van der Waals surface area contributed by atoms with Crippen molar-refractivity contribution in [1.29, 1.82) is 0 Å². The summed E-state index contributed by atoms with van der Waals surface area (Å²) in [7, 11) is 1.68. The molecule has 0 amide bonds. The van der Waals surface area contributed by atoms with Gasteiger partial charge in [-0.15, -0.1) is 0 Å². The van der Waals surface area contributed by atoms with Gasteiger partial charge in [0.05, 0.1) is 7.11 Å². The molecular formula is C27H22O. The Bertz CT molecular complexity index is 1120. The number of ether oxygens (including phenoxy) is 1. The van der Waals surface area contributed by atoms with E-state index < -0.39 is 0 Å². The van der Waals surface area contributed by atoms with Crippen molar-refractivity contribution in [2.45, 2.75) is 0 Å². The Balaban J connectivity index is 1.56. The first-order valence-corrected chi connectivity index (χ1v) is 9.39. The summed E-state index contributed by atoms with van der Waals surface area (Å²) in [6.45, 7) is 0. The van der Waals surface area contributed by atoms with Gasteiger partial charge in [-0.2, -0.15) is 0 Å². The van der Waals surface area contributed by atoms with E-state index >= 15 is 0 Å². The molecule has 136 valence electrons. The molecule has 0 spiro atoms. The van der Waals surface area contributed by atoms with Gasteiger partial charge in [-0.3, -0.25) is 0 Å². The summed E-state index contributed by atoms with van der Waals surface area (Å²) in [5, 5.41) is 2.49. The van der Waals surface area contributed by atoms with Crippen molar-refractivity contribution in [2.75, 3.05) is 7.11 Å². The Morgan fingerprint density at radius 2 is 1.00 bits per heavy atom. The molecule has 0 unspecified atom stereocenters. The van der Waals surface area contributed by atoms with E-state index in [0.29, 0.717) is 0 Å². The lowest BCUT2D eigenvalue weighted by atomic mass is 10.0. The summed E-state index contributed by atoms with van der Waals surface area (Å²) in [4.78, 5) is 0. The van der Waals surface area contributed by atoms with Crippen molar-refractivity contribution in [3.63, 3.8) is 0 Å². The van der Waals surface area contributed by atoms with Crippen LogP contribution < -0.4 is 4.74 Å². The number of hydrogen-bond acceptors (Lipinski definition) is 1. The van der Waals surface area contributed by atoms with Gasteiger partial charge in [-0.1, -0.05) is 91.0 Å². The molecule has 0 N–H and O–H groups in total. The third-order valence-corrected chi connectivity index (χ3v) is 4.74. The Labute approximate surface area is 166 Å². The predicted molar refractivity (Wildman–Crippen MR) is 121 cm³/mol. The van der Waals surface area contributed by atoms with Gasteiger partial charge in [0.15, 0.2) is 0 Å². The minimum absolute atomic E-state index is 0.874. The van der Waals surface area contributed by atoms with Crippen molar-refractivity contribution in [1.82, 2.24) is 0 Å². The van der Waals surface area contributed by atoms with E-state index in [0.717, 1.165) is 11.3 Å². The molecule has 0 aliphatic rings. The van der Waals surface area contributed by atoms with E-state index in [9.17, 15) is 0 Å². The van der Waals surface area contributed by atoms with Gasteiger partial charge in [0.2, 0.25) is 0 Å². The van der Waals surface area contributed by atoms with Crippen molar-refractivity contribution in [2.24, 2.45) is 0 Å².